The number of ether oxygens (including phenoxy) is 2. The number of carbonyl (C=O) groups is 2. The van der Waals surface area contributed by atoms with E-state index in [-0.39, 0.29) is 12.5 Å². The predicted octanol–water partition coefficient (Wildman–Crippen LogP) is 2.67. The molecule has 7 heteroatoms. The molecule has 3 rings (SSSR count). The van der Waals surface area contributed by atoms with E-state index >= 15 is 0 Å². The van der Waals surface area contributed by atoms with Crippen molar-refractivity contribution in [3.8, 4) is 11.5 Å². The van der Waals surface area contributed by atoms with Crippen LogP contribution in [-0.2, 0) is 11.3 Å². The minimum Gasteiger partial charge on any atom is -0.490 e. The van der Waals surface area contributed by atoms with Gasteiger partial charge in [0.2, 0.25) is 0 Å². The Morgan fingerprint density at radius 2 is 1.96 bits per heavy atom. The van der Waals surface area contributed by atoms with Crippen LogP contribution in [0.15, 0.2) is 48.0 Å². The second-order valence-corrected chi connectivity index (χ2v) is 5.93. The van der Waals surface area contributed by atoms with Crippen LogP contribution < -0.4 is 25.8 Å². The summed E-state index contributed by atoms with van der Waals surface area (Å²) in [5.74, 6) is 1.14. The van der Waals surface area contributed by atoms with Gasteiger partial charge in [0.05, 0.1) is 12.2 Å². The molecule has 1 heterocycles. The Morgan fingerprint density at radius 3 is 2.67 bits per heavy atom. The van der Waals surface area contributed by atoms with Gasteiger partial charge in [0.15, 0.2) is 11.5 Å². The fourth-order valence-corrected chi connectivity index (χ4v) is 2.72. The number of amides is 3. The highest BCUT2D eigenvalue weighted by Crippen LogP contribution is 2.35. The molecule has 27 heavy (non-hydrogen) atoms. The van der Waals surface area contributed by atoms with Gasteiger partial charge in [0, 0.05) is 17.8 Å². The molecule has 0 atom stereocenters. The van der Waals surface area contributed by atoms with E-state index in [1.807, 2.05) is 31.2 Å². The number of hydrogen-bond donors (Lipinski definition) is 3. The lowest BCUT2D eigenvalue weighted by Crippen LogP contribution is -2.28. The quantitative estimate of drug-likeness (QED) is 0.730. The SMILES string of the molecule is CCOc1cccc2c1OCC(C(=O)NCc1ccc(NC(N)=O)cc1)=C2. The normalized spacial score (nSPS) is 12.3. The van der Waals surface area contributed by atoms with Gasteiger partial charge in [-0.05, 0) is 36.8 Å². The number of primary amides is 1. The summed E-state index contributed by atoms with van der Waals surface area (Å²) in [6, 6.07) is 12.0. The lowest BCUT2D eigenvalue weighted by Gasteiger charge is -2.20. The van der Waals surface area contributed by atoms with Crippen molar-refractivity contribution in [3.63, 3.8) is 0 Å². The van der Waals surface area contributed by atoms with Crippen molar-refractivity contribution in [1.82, 2.24) is 5.32 Å². The van der Waals surface area contributed by atoms with Gasteiger partial charge >= 0.3 is 6.03 Å². The van der Waals surface area contributed by atoms with E-state index in [1.165, 1.54) is 0 Å². The minimum absolute atomic E-state index is 0.185. The molecule has 1 aliphatic heterocycles. The Morgan fingerprint density at radius 1 is 1.19 bits per heavy atom. The number of benzene rings is 2. The molecule has 0 aromatic heterocycles. The highest BCUT2D eigenvalue weighted by molar-refractivity contribution is 5.99. The van der Waals surface area contributed by atoms with Gasteiger partial charge in [-0.2, -0.15) is 0 Å². The standard InChI is InChI=1S/C20H21N3O4/c1-2-26-17-5-3-4-14-10-15(12-27-18(14)17)19(24)22-11-13-6-8-16(9-7-13)23-20(21)25/h3-10H,2,11-12H2,1H3,(H,22,24)(H3,21,23,25). The number of para-hydroxylation sites is 1. The zero-order valence-electron chi connectivity index (χ0n) is 15.0. The summed E-state index contributed by atoms with van der Waals surface area (Å²) in [7, 11) is 0. The van der Waals surface area contributed by atoms with E-state index in [0.717, 1.165) is 11.1 Å². The molecule has 0 saturated carbocycles. The van der Waals surface area contributed by atoms with E-state index in [0.29, 0.717) is 35.9 Å². The second-order valence-electron chi connectivity index (χ2n) is 5.93. The van der Waals surface area contributed by atoms with Crippen LogP contribution in [0.25, 0.3) is 6.08 Å². The van der Waals surface area contributed by atoms with Gasteiger partial charge in [0.25, 0.3) is 5.91 Å². The van der Waals surface area contributed by atoms with Crippen LogP contribution >= 0.6 is 0 Å². The predicted molar refractivity (Wildman–Crippen MR) is 103 cm³/mol. The summed E-state index contributed by atoms with van der Waals surface area (Å²) >= 11 is 0. The van der Waals surface area contributed by atoms with Crippen molar-refractivity contribution in [2.45, 2.75) is 13.5 Å². The number of carbonyl (C=O) groups excluding carboxylic acids is 2. The van der Waals surface area contributed by atoms with Gasteiger partial charge in [-0.15, -0.1) is 0 Å². The third-order valence-corrected chi connectivity index (χ3v) is 3.98. The summed E-state index contributed by atoms with van der Waals surface area (Å²) < 4.78 is 11.3. The molecule has 0 unspecified atom stereocenters. The summed E-state index contributed by atoms with van der Waals surface area (Å²) in [4.78, 5) is 23.3. The number of fused-ring (bicyclic) bond motifs is 1. The number of rotatable bonds is 6. The van der Waals surface area contributed by atoms with E-state index in [1.54, 1.807) is 24.3 Å². The maximum absolute atomic E-state index is 12.4. The lowest BCUT2D eigenvalue weighted by molar-refractivity contribution is -0.117. The number of nitrogens with one attached hydrogen (secondary N) is 2. The molecule has 0 radical (unpaired) electrons. The molecule has 140 valence electrons. The number of hydrogen-bond acceptors (Lipinski definition) is 4. The number of urea groups is 1. The van der Waals surface area contributed by atoms with Crippen molar-refractivity contribution in [2.24, 2.45) is 5.73 Å². The first-order valence-corrected chi connectivity index (χ1v) is 8.59. The van der Waals surface area contributed by atoms with Crippen molar-refractivity contribution in [3.05, 3.63) is 59.2 Å². The van der Waals surface area contributed by atoms with Crippen molar-refractivity contribution >= 4 is 23.7 Å². The van der Waals surface area contributed by atoms with Gasteiger partial charge < -0.3 is 25.8 Å². The molecule has 0 bridgehead atoms. The molecule has 2 aromatic rings. The molecule has 2 aromatic carbocycles. The fourth-order valence-electron chi connectivity index (χ4n) is 2.72. The maximum Gasteiger partial charge on any atom is 0.316 e. The molecule has 1 aliphatic rings. The molecule has 0 fully saturated rings. The maximum atomic E-state index is 12.4. The highest BCUT2D eigenvalue weighted by atomic mass is 16.5. The number of nitrogens with two attached hydrogens (primary N) is 1. The third-order valence-electron chi connectivity index (χ3n) is 3.98. The molecule has 7 nitrogen and oxygen atoms in total. The van der Waals surface area contributed by atoms with E-state index in [4.69, 9.17) is 15.2 Å². The van der Waals surface area contributed by atoms with E-state index < -0.39 is 6.03 Å². The molecule has 3 amide bonds. The monoisotopic (exact) mass is 367 g/mol. The molecule has 4 N–H and O–H groups in total. The second kappa shape index (κ2) is 8.27. The topological polar surface area (TPSA) is 103 Å². The van der Waals surface area contributed by atoms with Crippen LogP contribution in [0.4, 0.5) is 10.5 Å². The number of anilines is 1. The van der Waals surface area contributed by atoms with Crippen LogP contribution in [0.1, 0.15) is 18.1 Å². The summed E-state index contributed by atoms with van der Waals surface area (Å²) in [6.45, 7) is 3.00. The molecular weight excluding hydrogens is 346 g/mol. The highest BCUT2D eigenvalue weighted by Gasteiger charge is 2.20. The smallest absolute Gasteiger partial charge is 0.316 e. The van der Waals surface area contributed by atoms with Gasteiger partial charge in [0.1, 0.15) is 6.61 Å². The van der Waals surface area contributed by atoms with Crippen LogP contribution in [0.3, 0.4) is 0 Å². The van der Waals surface area contributed by atoms with E-state index in [9.17, 15) is 9.59 Å². The van der Waals surface area contributed by atoms with Crippen LogP contribution in [0.5, 0.6) is 11.5 Å². The molecular formula is C20H21N3O4. The third kappa shape index (κ3) is 4.58. The van der Waals surface area contributed by atoms with Gasteiger partial charge in [-0.25, -0.2) is 4.79 Å². The average molecular weight is 367 g/mol. The van der Waals surface area contributed by atoms with Crippen LogP contribution in [0.2, 0.25) is 0 Å². The fraction of sp³-hybridized carbons (Fsp3) is 0.200. The molecule has 0 saturated heterocycles. The first-order chi connectivity index (χ1) is 13.1. The van der Waals surface area contributed by atoms with Crippen molar-refractivity contribution in [1.29, 1.82) is 0 Å². The van der Waals surface area contributed by atoms with Crippen molar-refractivity contribution in [2.75, 3.05) is 18.5 Å². The summed E-state index contributed by atoms with van der Waals surface area (Å²) in [6.07, 6.45) is 1.82. The Hall–Kier alpha value is -3.48. The van der Waals surface area contributed by atoms with Gasteiger partial charge in [-0.1, -0.05) is 24.3 Å². The van der Waals surface area contributed by atoms with Gasteiger partial charge in [-0.3, -0.25) is 4.79 Å². The molecule has 0 aliphatic carbocycles. The first kappa shape index (κ1) is 18.3. The zero-order chi connectivity index (χ0) is 19.2. The average Bonchev–Trinajstić information content (AvgIpc) is 2.67. The largest absolute Gasteiger partial charge is 0.490 e. The first-order valence-electron chi connectivity index (χ1n) is 8.59. The minimum atomic E-state index is -0.618. The Kier molecular flexibility index (Phi) is 5.61. The summed E-state index contributed by atoms with van der Waals surface area (Å²) in [5.41, 5.74) is 7.93. The van der Waals surface area contributed by atoms with Crippen molar-refractivity contribution < 1.29 is 19.1 Å². The zero-order valence-corrected chi connectivity index (χ0v) is 15.0. The van der Waals surface area contributed by atoms with Crippen LogP contribution in [-0.4, -0.2) is 25.2 Å². The Labute approximate surface area is 157 Å². The Bertz CT molecular complexity index is 875. The van der Waals surface area contributed by atoms with Crippen LogP contribution in [0, 0.1) is 0 Å². The lowest BCUT2D eigenvalue weighted by atomic mass is 10.1. The molecule has 0 spiro atoms. The van der Waals surface area contributed by atoms with E-state index in [2.05, 4.69) is 10.6 Å². The Balaban J connectivity index is 1.63. The summed E-state index contributed by atoms with van der Waals surface area (Å²) in [5, 5.41) is 5.36.